The number of fused-ring (bicyclic) bond motifs is 1. The highest BCUT2D eigenvalue weighted by Gasteiger charge is 2.19. The molecule has 4 rings (SSSR count). The number of nitrogens with zero attached hydrogens (tertiary/aromatic N) is 1. The molecular formula is C25H23ClN2O2. The maximum absolute atomic E-state index is 13.2. The van der Waals surface area contributed by atoms with E-state index in [0.29, 0.717) is 27.4 Å². The van der Waals surface area contributed by atoms with E-state index in [1.807, 2.05) is 82.3 Å². The van der Waals surface area contributed by atoms with E-state index < -0.39 is 0 Å². The minimum atomic E-state index is -0.149. The molecule has 4 aromatic rings. The van der Waals surface area contributed by atoms with Crippen molar-refractivity contribution in [3.63, 3.8) is 0 Å². The molecule has 1 N–H and O–H groups in total. The molecule has 30 heavy (non-hydrogen) atoms. The Kier molecular flexibility index (Phi) is 5.35. The number of halogens is 1. The van der Waals surface area contributed by atoms with Crippen molar-refractivity contribution < 1.29 is 4.42 Å². The lowest BCUT2D eigenvalue weighted by molar-refractivity contribution is 0.605. The molecule has 0 amide bonds. The average Bonchev–Trinajstić information content (AvgIpc) is 2.73. The summed E-state index contributed by atoms with van der Waals surface area (Å²) in [5, 5.41) is 4.41. The molecule has 0 aliphatic carbocycles. The Morgan fingerprint density at radius 3 is 2.47 bits per heavy atom. The summed E-state index contributed by atoms with van der Waals surface area (Å²) in [6, 6.07) is 17.3. The highest BCUT2D eigenvalue weighted by molar-refractivity contribution is 6.32. The van der Waals surface area contributed by atoms with Crippen LogP contribution >= 0.6 is 11.6 Å². The first kappa shape index (κ1) is 20.2. The van der Waals surface area contributed by atoms with Crippen LogP contribution in [0.25, 0.3) is 22.3 Å². The molecule has 0 saturated carbocycles. The molecule has 1 atom stereocenters. The minimum Gasteiger partial charge on any atom is -0.455 e. The summed E-state index contributed by atoms with van der Waals surface area (Å²) in [7, 11) is 0. The van der Waals surface area contributed by atoms with Crippen molar-refractivity contribution in [1.82, 2.24) is 4.98 Å². The summed E-state index contributed by atoms with van der Waals surface area (Å²) in [6.07, 6.45) is 0. The van der Waals surface area contributed by atoms with Crippen LogP contribution in [0.3, 0.4) is 0 Å². The molecule has 0 fully saturated rings. The molecule has 4 nitrogen and oxygen atoms in total. The second-order valence-electron chi connectivity index (χ2n) is 7.64. The van der Waals surface area contributed by atoms with Gasteiger partial charge < -0.3 is 9.73 Å². The van der Waals surface area contributed by atoms with E-state index in [4.69, 9.17) is 16.0 Å². The third kappa shape index (κ3) is 3.71. The Morgan fingerprint density at radius 2 is 1.77 bits per heavy atom. The molecule has 0 spiro atoms. The summed E-state index contributed by atoms with van der Waals surface area (Å²) in [5.41, 5.74) is 5.56. The quantitative estimate of drug-likeness (QED) is 0.379. The van der Waals surface area contributed by atoms with Crippen molar-refractivity contribution in [2.75, 3.05) is 5.32 Å². The SMILES string of the molecule is Cc1cc(C(C)Nc2ccc(C)nc2Cl)c2oc(-c3ccccc3)c(C)c(=O)c2c1. The van der Waals surface area contributed by atoms with E-state index >= 15 is 0 Å². The number of benzene rings is 2. The van der Waals surface area contributed by atoms with Gasteiger partial charge in [-0.2, -0.15) is 0 Å². The minimum absolute atomic E-state index is 0.0118. The summed E-state index contributed by atoms with van der Waals surface area (Å²) < 4.78 is 6.37. The molecule has 2 aromatic heterocycles. The number of rotatable bonds is 4. The van der Waals surface area contributed by atoms with E-state index in [0.717, 1.165) is 28.1 Å². The van der Waals surface area contributed by atoms with Crippen molar-refractivity contribution in [2.24, 2.45) is 0 Å². The van der Waals surface area contributed by atoms with Gasteiger partial charge in [0.05, 0.1) is 17.1 Å². The summed E-state index contributed by atoms with van der Waals surface area (Å²) in [4.78, 5) is 17.5. The molecule has 0 saturated heterocycles. The van der Waals surface area contributed by atoms with Gasteiger partial charge in [0, 0.05) is 22.4 Å². The Balaban J connectivity index is 1.89. The monoisotopic (exact) mass is 418 g/mol. The first-order valence-corrected chi connectivity index (χ1v) is 10.3. The van der Waals surface area contributed by atoms with Gasteiger partial charge in [-0.05, 0) is 51.5 Å². The maximum Gasteiger partial charge on any atom is 0.196 e. The van der Waals surface area contributed by atoms with Crippen molar-refractivity contribution >= 4 is 28.3 Å². The van der Waals surface area contributed by atoms with E-state index in [-0.39, 0.29) is 11.5 Å². The van der Waals surface area contributed by atoms with Gasteiger partial charge in [-0.3, -0.25) is 4.79 Å². The van der Waals surface area contributed by atoms with Gasteiger partial charge in [0.1, 0.15) is 11.3 Å². The Labute approximate surface area is 180 Å². The third-order valence-corrected chi connectivity index (χ3v) is 5.54. The lowest BCUT2D eigenvalue weighted by atomic mass is 9.99. The molecule has 1 unspecified atom stereocenters. The molecule has 2 aromatic carbocycles. The standard InChI is InChI=1S/C25H23ClN2O2/c1-14-12-19(17(4)28-21-11-10-15(2)27-25(21)26)24-20(13-14)22(29)16(3)23(30-24)18-8-6-5-7-9-18/h5-13,17,28H,1-4H3. The summed E-state index contributed by atoms with van der Waals surface area (Å²) >= 11 is 6.31. The fourth-order valence-electron chi connectivity index (χ4n) is 3.70. The smallest absolute Gasteiger partial charge is 0.196 e. The van der Waals surface area contributed by atoms with Crippen LogP contribution < -0.4 is 10.7 Å². The van der Waals surface area contributed by atoms with Gasteiger partial charge in [0.25, 0.3) is 0 Å². The van der Waals surface area contributed by atoms with Gasteiger partial charge in [0.15, 0.2) is 10.6 Å². The number of pyridine rings is 1. The van der Waals surface area contributed by atoms with Crippen LogP contribution in [-0.2, 0) is 0 Å². The predicted octanol–water partition coefficient (Wildman–Crippen LogP) is 6.61. The van der Waals surface area contributed by atoms with E-state index in [1.54, 1.807) is 0 Å². The van der Waals surface area contributed by atoms with Crippen LogP contribution in [-0.4, -0.2) is 4.98 Å². The zero-order chi connectivity index (χ0) is 21.4. The number of aromatic nitrogens is 1. The van der Waals surface area contributed by atoms with E-state index in [2.05, 4.69) is 10.3 Å². The van der Waals surface area contributed by atoms with Crippen molar-refractivity contribution in [3.8, 4) is 11.3 Å². The second-order valence-corrected chi connectivity index (χ2v) is 8.00. The highest BCUT2D eigenvalue weighted by Crippen LogP contribution is 2.33. The summed E-state index contributed by atoms with van der Waals surface area (Å²) in [6.45, 7) is 7.71. The van der Waals surface area contributed by atoms with Crippen LogP contribution in [0.1, 0.15) is 35.3 Å². The summed E-state index contributed by atoms with van der Waals surface area (Å²) in [5.74, 6) is 0.598. The predicted molar refractivity (Wildman–Crippen MR) is 123 cm³/mol. The fourth-order valence-corrected chi connectivity index (χ4v) is 3.95. The number of aryl methyl sites for hydroxylation is 2. The fraction of sp³-hybridized carbons (Fsp3) is 0.200. The lowest BCUT2D eigenvalue weighted by Gasteiger charge is -2.19. The van der Waals surface area contributed by atoms with Crippen LogP contribution in [0, 0.1) is 20.8 Å². The van der Waals surface area contributed by atoms with Crippen LogP contribution in [0.5, 0.6) is 0 Å². The van der Waals surface area contributed by atoms with Gasteiger partial charge in [-0.15, -0.1) is 0 Å². The first-order valence-electron chi connectivity index (χ1n) is 9.88. The molecule has 0 aliphatic heterocycles. The number of nitrogens with one attached hydrogen (secondary N) is 1. The normalized spacial score (nSPS) is 12.2. The molecular weight excluding hydrogens is 396 g/mol. The number of hydrogen-bond acceptors (Lipinski definition) is 4. The molecule has 0 radical (unpaired) electrons. The van der Waals surface area contributed by atoms with Crippen molar-refractivity contribution in [2.45, 2.75) is 33.7 Å². The second kappa shape index (κ2) is 7.96. The Hall–Kier alpha value is -3.11. The van der Waals surface area contributed by atoms with E-state index in [9.17, 15) is 4.79 Å². The largest absolute Gasteiger partial charge is 0.455 e. The lowest BCUT2D eigenvalue weighted by Crippen LogP contribution is -2.12. The van der Waals surface area contributed by atoms with Crippen LogP contribution in [0.4, 0.5) is 5.69 Å². The topological polar surface area (TPSA) is 55.1 Å². The van der Waals surface area contributed by atoms with Gasteiger partial charge in [-0.1, -0.05) is 48.0 Å². The molecule has 5 heteroatoms. The van der Waals surface area contributed by atoms with E-state index in [1.165, 1.54) is 0 Å². The first-order chi connectivity index (χ1) is 14.3. The third-order valence-electron chi connectivity index (χ3n) is 5.25. The Morgan fingerprint density at radius 1 is 1.03 bits per heavy atom. The van der Waals surface area contributed by atoms with Crippen LogP contribution in [0.15, 0.2) is 63.8 Å². The molecule has 0 bridgehead atoms. The highest BCUT2D eigenvalue weighted by atomic mass is 35.5. The zero-order valence-electron chi connectivity index (χ0n) is 17.4. The van der Waals surface area contributed by atoms with Gasteiger partial charge >= 0.3 is 0 Å². The molecule has 152 valence electrons. The maximum atomic E-state index is 13.2. The molecule has 2 heterocycles. The van der Waals surface area contributed by atoms with Gasteiger partial charge in [-0.25, -0.2) is 4.98 Å². The van der Waals surface area contributed by atoms with Crippen LogP contribution in [0.2, 0.25) is 5.15 Å². The molecule has 0 aliphatic rings. The average molecular weight is 419 g/mol. The number of anilines is 1. The number of hydrogen-bond donors (Lipinski definition) is 1. The Bertz CT molecular complexity index is 1300. The zero-order valence-corrected chi connectivity index (χ0v) is 18.2. The van der Waals surface area contributed by atoms with Gasteiger partial charge in [0.2, 0.25) is 0 Å². The van der Waals surface area contributed by atoms with Crippen molar-refractivity contribution in [3.05, 3.63) is 92.4 Å². The van der Waals surface area contributed by atoms with Crippen molar-refractivity contribution in [1.29, 1.82) is 0 Å².